The number of aromatic nitrogens is 1. The molecule has 0 aliphatic heterocycles. The van der Waals surface area contributed by atoms with E-state index >= 15 is 0 Å². The molecule has 1 amide bonds. The quantitative estimate of drug-likeness (QED) is 0.715. The van der Waals surface area contributed by atoms with E-state index in [-0.39, 0.29) is 12.5 Å². The molecule has 5 nitrogen and oxygen atoms in total. The van der Waals surface area contributed by atoms with Crippen molar-refractivity contribution in [2.45, 2.75) is 6.54 Å². The largest absolute Gasteiger partial charge is 0.375 e. The van der Waals surface area contributed by atoms with Crippen molar-refractivity contribution in [1.29, 1.82) is 0 Å². The molecule has 0 radical (unpaired) electrons. The van der Waals surface area contributed by atoms with Crippen molar-refractivity contribution in [3.63, 3.8) is 0 Å². The summed E-state index contributed by atoms with van der Waals surface area (Å²) >= 11 is 0. The zero-order valence-electron chi connectivity index (χ0n) is 7.99. The van der Waals surface area contributed by atoms with Gasteiger partial charge in [-0.15, -0.1) is 0 Å². The number of hydrogen-bond acceptors (Lipinski definition) is 4. The average molecular weight is 195 g/mol. The number of nitrogens with zero attached hydrogens (tertiary/aromatic N) is 1. The zero-order chi connectivity index (χ0) is 10.4. The van der Waals surface area contributed by atoms with E-state index < -0.39 is 0 Å². The highest BCUT2D eigenvalue weighted by Gasteiger charge is 2.05. The molecule has 0 bridgehead atoms. The summed E-state index contributed by atoms with van der Waals surface area (Å²) in [5.41, 5.74) is 6.76. The van der Waals surface area contributed by atoms with E-state index in [1.807, 2.05) is 0 Å². The molecule has 0 fully saturated rings. The molecule has 76 valence electrons. The van der Waals surface area contributed by atoms with Gasteiger partial charge >= 0.3 is 0 Å². The Bertz CT molecular complexity index is 315. The van der Waals surface area contributed by atoms with E-state index in [2.05, 4.69) is 15.0 Å². The highest BCUT2D eigenvalue weighted by atomic mass is 16.5. The second kappa shape index (κ2) is 5.31. The summed E-state index contributed by atoms with van der Waals surface area (Å²) in [6, 6.07) is 3.49. The number of carbonyl (C=O) groups is 1. The van der Waals surface area contributed by atoms with Gasteiger partial charge in [0, 0.05) is 19.9 Å². The number of pyridine rings is 1. The van der Waals surface area contributed by atoms with Gasteiger partial charge in [0.2, 0.25) is 5.91 Å². The van der Waals surface area contributed by atoms with Crippen molar-refractivity contribution in [2.24, 2.45) is 5.73 Å². The van der Waals surface area contributed by atoms with Crippen LogP contribution in [0.2, 0.25) is 0 Å². The molecule has 1 aromatic heterocycles. The van der Waals surface area contributed by atoms with E-state index in [1.165, 1.54) is 7.11 Å². The van der Waals surface area contributed by atoms with Crippen LogP contribution < -0.4 is 11.1 Å². The van der Waals surface area contributed by atoms with Crippen molar-refractivity contribution in [3.05, 3.63) is 24.0 Å². The summed E-state index contributed by atoms with van der Waals surface area (Å²) < 4.78 is 4.69. The van der Waals surface area contributed by atoms with Gasteiger partial charge < -0.3 is 15.8 Å². The average Bonchev–Trinajstić information content (AvgIpc) is 2.19. The van der Waals surface area contributed by atoms with Crippen LogP contribution in [0, 0.1) is 0 Å². The van der Waals surface area contributed by atoms with E-state index in [0.29, 0.717) is 17.9 Å². The van der Waals surface area contributed by atoms with Crippen LogP contribution in [0.1, 0.15) is 5.69 Å². The molecule has 5 heteroatoms. The lowest BCUT2D eigenvalue weighted by atomic mass is 10.3. The molecule has 0 saturated heterocycles. The third-order valence-electron chi connectivity index (χ3n) is 1.63. The molecule has 1 aromatic rings. The zero-order valence-corrected chi connectivity index (χ0v) is 7.99. The number of rotatable bonds is 4. The van der Waals surface area contributed by atoms with Crippen molar-refractivity contribution >= 4 is 11.6 Å². The molecule has 1 heterocycles. The molecule has 0 spiro atoms. The van der Waals surface area contributed by atoms with Crippen molar-refractivity contribution in [1.82, 2.24) is 4.98 Å². The number of hydrogen-bond donors (Lipinski definition) is 2. The Kier molecular flexibility index (Phi) is 4.03. The minimum Gasteiger partial charge on any atom is -0.375 e. The summed E-state index contributed by atoms with van der Waals surface area (Å²) in [4.78, 5) is 15.2. The number of carbonyl (C=O) groups excluding carboxylic acids is 1. The first-order valence-corrected chi connectivity index (χ1v) is 4.20. The fourth-order valence-corrected chi connectivity index (χ4v) is 1.03. The van der Waals surface area contributed by atoms with Crippen LogP contribution in [0.15, 0.2) is 18.3 Å². The maximum Gasteiger partial charge on any atom is 0.250 e. The Morgan fingerprint density at radius 2 is 2.50 bits per heavy atom. The van der Waals surface area contributed by atoms with Crippen LogP contribution >= 0.6 is 0 Å². The number of nitrogens with one attached hydrogen (secondary N) is 1. The predicted octanol–water partition coefficient (Wildman–Crippen LogP) is 0.125. The van der Waals surface area contributed by atoms with Crippen molar-refractivity contribution in [3.8, 4) is 0 Å². The number of ether oxygens (including phenoxy) is 1. The van der Waals surface area contributed by atoms with Crippen LogP contribution in [-0.2, 0) is 16.1 Å². The molecular weight excluding hydrogens is 182 g/mol. The van der Waals surface area contributed by atoms with E-state index in [9.17, 15) is 4.79 Å². The third-order valence-corrected chi connectivity index (χ3v) is 1.63. The summed E-state index contributed by atoms with van der Waals surface area (Å²) in [6.45, 7) is 0.322. The molecule has 0 atom stereocenters. The first kappa shape index (κ1) is 10.6. The van der Waals surface area contributed by atoms with Crippen LogP contribution in [0.3, 0.4) is 0 Å². The summed E-state index contributed by atoms with van der Waals surface area (Å²) in [6.07, 6.45) is 1.63. The molecule has 3 N–H and O–H groups in total. The molecule has 0 unspecified atom stereocenters. The van der Waals surface area contributed by atoms with Gasteiger partial charge in [-0.1, -0.05) is 0 Å². The molecular formula is C9H13N3O2. The fraction of sp³-hybridized carbons (Fsp3) is 0.333. The minimum atomic E-state index is -0.213. The number of methoxy groups -OCH3 is 1. The van der Waals surface area contributed by atoms with Crippen LogP contribution in [-0.4, -0.2) is 24.6 Å². The van der Waals surface area contributed by atoms with Crippen LogP contribution in [0.4, 0.5) is 5.69 Å². The lowest BCUT2D eigenvalue weighted by Gasteiger charge is -2.07. The second-order valence-electron chi connectivity index (χ2n) is 2.68. The van der Waals surface area contributed by atoms with E-state index in [1.54, 1.807) is 18.3 Å². The Morgan fingerprint density at radius 3 is 3.14 bits per heavy atom. The fourth-order valence-electron chi connectivity index (χ4n) is 1.03. The van der Waals surface area contributed by atoms with Gasteiger partial charge in [0.1, 0.15) is 6.61 Å². The smallest absolute Gasteiger partial charge is 0.250 e. The maximum absolute atomic E-state index is 11.2. The number of nitrogens with two attached hydrogens (primary N) is 1. The Hall–Kier alpha value is -1.46. The lowest BCUT2D eigenvalue weighted by molar-refractivity contribution is -0.119. The standard InChI is InChI=1S/C9H13N3O2/c1-14-6-9(13)12-7-3-2-4-11-8(7)5-10/h2-4H,5-6,10H2,1H3,(H,12,13). The monoisotopic (exact) mass is 195 g/mol. The molecule has 0 aromatic carbocycles. The topological polar surface area (TPSA) is 77.2 Å². The molecule has 14 heavy (non-hydrogen) atoms. The minimum absolute atomic E-state index is 0.0267. The first-order valence-electron chi connectivity index (χ1n) is 4.20. The first-order chi connectivity index (χ1) is 6.77. The SMILES string of the molecule is COCC(=O)Nc1cccnc1CN. The van der Waals surface area contributed by atoms with Crippen LogP contribution in [0.25, 0.3) is 0 Å². The van der Waals surface area contributed by atoms with Gasteiger partial charge in [0.25, 0.3) is 0 Å². The Labute approximate surface area is 82.3 Å². The lowest BCUT2D eigenvalue weighted by Crippen LogP contribution is -2.19. The van der Waals surface area contributed by atoms with Gasteiger partial charge in [-0.05, 0) is 12.1 Å². The van der Waals surface area contributed by atoms with Gasteiger partial charge in [0.05, 0.1) is 11.4 Å². The summed E-state index contributed by atoms with van der Waals surface area (Å²) in [5, 5.41) is 2.66. The molecule has 0 aliphatic rings. The third kappa shape index (κ3) is 2.79. The van der Waals surface area contributed by atoms with Gasteiger partial charge in [0.15, 0.2) is 0 Å². The second-order valence-corrected chi connectivity index (χ2v) is 2.68. The number of anilines is 1. The van der Waals surface area contributed by atoms with Gasteiger partial charge in [-0.3, -0.25) is 9.78 Å². The highest BCUT2D eigenvalue weighted by Crippen LogP contribution is 2.10. The van der Waals surface area contributed by atoms with Crippen LogP contribution in [0.5, 0.6) is 0 Å². The van der Waals surface area contributed by atoms with E-state index in [4.69, 9.17) is 5.73 Å². The highest BCUT2D eigenvalue weighted by molar-refractivity contribution is 5.92. The summed E-state index contributed by atoms with van der Waals surface area (Å²) in [7, 11) is 1.46. The predicted molar refractivity (Wildman–Crippen MR) is 52.6 cm³/mol. The van der Waals surface area contributed by atoms with Crippen molar-refractivity contribution in [2.75, 3.05) is 19.0 Å². The van der Waals surface area contributed by atoms with Gasteiger partial charge in [-0.2, -0.15) is 0 Å². The van der Waals surface area contributed by atoms with Crippen molar-refractivity contribution < 1.29 is 9.53 Å². The maximum atomic E-state index is 11.2. The number of amides is 1. The Morgan fingerprint density at radius 1 is 1.71 bits per heavy atom. The molecule has 0 aliphatic carbocycles. The normalized spacial score (nSPS) is 9.86. The molecule has 1 rings (SSSR count). The van der Waals surface area contributed by atoms with E-state index in [0.717, 1.165) is 0 Å². The molecule has 0 saturated carbocycles. The summed E-state index contributed by atoms with van der Waals surface area (Å²) in [5.74, 6) is -0.213. The van der Waals surface area contributed by atoms with Gasteiger partial charge in [-0.25, -0.2) is 0 Å². The Balaban J connectivity index is 2.70.